The molecule has 0 aliphatic heterocycles. The number of hydrogen-bond acceptors (Lipinski definition) is 12. The number of carboxylic acid groups (broad SMARTS) is 6. The number of nitrogens with zero attached hydrogens (tertiary/aromatic N) is 4. The predicted octanol–water partition coefficient (Wildman–Crippen LogP) is -1.62. The number of carbonyl (C=O) groups excluding carboxylic acids is 2. The van der Waals surface area contributed by atoms with Gasteiger partial charge in [-0.1, -0.05) is 0 Å². The van der Waals surface area contributed by atoms with E-state index in [0.717, 1.165) is 36.4 Å². The van der Waals surface area contributed by atoms with Crippen molar-refractivity contribution in [2.45, 2.75) is 0 Å². The Balaban J connectivity index is -0.000000256. The summed E-state index contributed by atoms with van der Waals surface area (Å²) in [6, 6.07) is 17.4. The van der Waals surface area contributed by atoms with E-state index in [4.69, 9.17) is 20.4 Å². The summed E-state index contributed by atoms with van der Waals surface area (Å²) in [5.41, 5.74) is -0.342. The number of rotatable bonds is 10. The number of aromatic carboxylic acids is 6. The van der Waals surface area contributed by atoms with Gasteiger partial charge in [0.1, 0.15) is 0 Å². The first kappa shape index (κ1) is 55.6. The normalized spacial score (nSPS) is 9.21. The number of carboxylic acids is 6. The summed E-state index contributed by atoms with van der Waals surface area (Å²) in [4.78, 5) is 65.1. The zero-order valence-electron chi connectivity index (χ0n) is 26.6. The van der Waals surface area contributed by atoms with Crippen molar-refractivity contribution in [2.75, 3.05) is 0 Å². The molecule has 0 amide bonds. The van der Waals surface area contributed by atoms with Gasteiger partial charge in [-0.15, -0.1) is 0 Å². The van der Waals surface area contributed by atoms with Gasteiger partial charge in [-0.05, 0) is 84.9 Å². The maximum atomic E-state index is 11.0. The van der Waals surface area contributed by atoms with Crippen molar-refractivity contribution in [3.63, 3.8) is 0 Å². The zero-order chi connectivity index (χ0) is 34.0. The molecule has 53 heavy (non-hydrogen) atoms. The molecule has 4 rings (SSSR count). The first-order valence-electron chi connectivity index (χ1n) is 12.4. The molecule has 0 atom stereocenters. The van der Waals surface area contributed by atoms with Crippen LogP contribution >= 0.6 is 0 Å². The van der Waals surface area contributed by atoms with E-state index in [1.807, 2.05) is 0 Å². The van der Waals surface area contributed by atoms with Gasteiger partial charge in [-0.25, -0.2) is 19.2 Å². The molecule has 0 fully saturated rings. The van der Waals surface area contributed by atoms with E-state index in [1.54, 1.807) is 0 Å². The first-order valence-corrected chi connectivity index (χ1v) is 12.4. The zero-order valence-corrected chi connectivity index (χ0v) is 27.6. The minimum Gasteiger partial charge on any atom is -0.545 e. The Bertz CT molecular complexity index is 1710. The summed E-state index contributed by atoms with van der Waals surface area (Å²) in [5, 5.41) is 72.3. The summed E-state index contributed by atoms with van der Waals surface area (Å²) in [7, 11) is 0. The summed E-state index contributed by atoms with van der Waals surface area (Å²) in [5.74, 6) is -7.85. The first-order chi connectivity index (χ1) is 21.7. The Morgan fingerprint density at radius 1 is 0.377 bits per heavy atom. The van der Waals surface area contributed by atoms with Gasteiger partial charge in [-0.3, -0.25) is 0 Å². The summed E-state index contributed by atoms with van der Waals surface area (Å²) >= 11 is 0. The molecule has 0 aromatic heterocycles. The fraction of sp³-hybridized carbons (Fsp3) is 0. The van der Waals surface area contributed by atoms with Crippen LogP contribution in [0.4, 0.5) is 22.7 Å². The van der Waals surface area contributed by atoms with Crippen molar-refractivity contribution < 1.29 is 109 Å². The fourth-order valence-corrected chi connectivity index (χ4v) is 3.39. The van der Waals surface area contributed by atoms with Crippen LogP contribution in [0.2, 0.25) is 0 Å². The minimum absolute atomic E-state index is 0. The third-order valence-corrected chi connectivity index (χ3v) is 5.59. The van der Waals surface area contributed by atoms with Crippen molar-refractivity contribution >= 4 is 58.6 Å². The van der Waals surface area contributed by atoms with Crippen LogP contribution in [0, 0.1) is 0 Å². The van der Waals surface area contributed by atoms with Crippen molar-refractivity contribution in [3.05, 3.63) is 118 Å². The quantitative estimate of drug-likeness (QED) is 0.104. The average Bonchev–Trinajstić information content (AvgIpc) is 3.03. The third kappa shape index (κ3) is 16.6. The molecule has 23 heteroatoms. The van der Waals surface area contributed by atoms with Crippen LogP contribution in [0.25, 0.3) is 0 Å². The predicted molar refractivity (Wildman–Crippen MR) is 177 cm³/mol. The molecule has 0 unspecified atom stereocenters. The maximum Gasteiger partial charge on any atom is 2.00 e. The molecule has 0 bridgehead atoms. The van der Waals surface area contributed by atoms with Gasteiger partial charge < -0.3 is 73.1 Å². The van der Waals surface area contributed by atoms with E-state index in [0.29, 0.717) is 11.4 Å². The van der Waals surface area contributed by atoms with Gasteiger partial charge in [0.25, 0.3) is 0 Å². The molecule has 0 aliphatic rings. The van der Waals surface area contributed by atoms with Crippen molar-refractivity contribution in [3.8, 4) is 0 Å². The molecule has 0 saturated heterocycles. The molecular weight excluding hydrogens is 763 g/mol. The van der Waals surface area contributed by atoms with E-state index in [-0.39, 0.29) is 94.4 Å². The van der Waals surface area contributed by atoms with Crippen LogP contribution in [0.3, 0.4) is 0 Å². The van der Waals surface area contributed by atoms with Crippen molar-refractivity contribution in [2.24, 2.45) is 20.5 Å². The molecule has 0 spiro atoms. The second-order valence-corrected chi connectivity index (χ2v) is 8.83. The standard InChI is InChI=1S/2C15H10N2O6.Co.6H2O/c2*18-13(19)8-1-3-11(4-2-8)16-17-12-6-9(14(20)21)5-10(7-12)15(22)23;;;;;;;/h2*1-7H,(H,18,19)(H,20,21)(H,22,23);;6*1H2/q;;+2;;;;;;/p+2. The molecule has 4 aromatic carbocycles. The van der Waals surface area contributed by atoms with Gasteiger partial charge >= 0.3 is 40.7 Å². The monoisotopic (exact) mass is 797 g/mol. The van der Waals surface area contributed by atoms with Crippen LogP contribution in [0.5, 0.6) is 0 Å². The van der Waals surface area contributed by atoms with E-state index in [9.17, 15) is 39.0 Å². The smallest absolute Gasteiger partial charge is 0.545 e. The van der Waals surface area contributed by atoms with Gasteiger partial charge in [-0.2, -0.15) is 20.5 Å². The summed E-state index contributed by atoms with van der Waals surface area (Å²) < 4.78 is 0. The number of azo groups is 2. The van der Waals surface area contributed by atoms with Crippen molar-refractivity contribution in [1.29, 1.82) is 0 Å². The number of benzene rings is 4. The van der Waals surface area contributed by atoms with Crippen LogP contribution < -0.4 is 10.2 Å². The third-order valence-electron chi connectivity index (χ3n) is 5.59. The molecule has 22 nitrogen and oxygen atoms in total. The van der Waals surface area contributed by atoms with Gasteiger partial charge in [0, 0.05) is 11.1 Å². The second kappa shape index (κ2) is 25.2. The van der Waals surface area contributed by atoms with Crippen molar-refractivity contribution in [1.82, 2.24) is 0 Å². The minimum atomic E-state index is -1.53. The molecule has 1 radical (unpaired) electrons. The second-order valence-electron chi connectivity index (χ2n) is 8.83. The molecule has 0 aliphatic carbocycles. The van der Waals surface area contributed by atoms with Crippen LogP contribution in [-0.2, 0) is 38.7 Å². The number of hydrogen-bond donors (Lipinski definition) is 4. The molecular formula is C30H34CoN4O18+4. The molecule has 4 aromatic rings. The van der Waals surface area contributed by atoms with E-state index >= 15 is 0 Å². The maximum absolute atomic E-state index is 11.0. The summed E-state index contributed by atoms with van der Waals surface area (Å²) in [6.45, 7) is 0. The molecule has 0 heterocycles. The Labute approximate surface area is 306 Å². The fourth-order valence-electron chi connectivity index (χ4n) is 3.39. The van der Waals surface area contributed by atoms with E-state index < -0.39 is 35.8 Å². The van der Waals surface area contributed by atoms with Gasteiger partial charge in [0.05, 0.1) is 56.9 Å². The topological polar surface area (TPSA) is 474 Å². The molecule has 0 saturated carbocycles. The van der Waals surface area contributed by atoms with E-state index in [2.05, 4.69) is 20.5 Å². The Morgan fingerprint density at radius 3 is 0.830 bits per heavy atom. The molecule has 20 N–H and O–H groups in total. The number of carbonyl (C=O) groups is 6. The Morgan fingerprint density at radius 2 is 0.604 bits per heavy atom. The van der Waals surface area contributed by atoms with Crippen LogP contribution in [0.1, 0.15) is 62.1 Å². The Kier molecular flexibility index (Phi) is 26.4. The van der Waals surface area contributed by atoms with E-state index in [1.165, 1.54) is 48.5 Å². The van der Waals surface area contributed by atoms with Crippen LogP contribution in [-0.4, -0.2) is 67.2 Å². The SMILES string of the molecule is O.O.O=C([O-])c1cc(N=Nc2ccc(C(=O)O)cc2)cc(C(=O)O)c1.O=C([O-])c1cc(N=Nc2ccc(C(=O)O)cc2)cc(C(=O)O)c1.[Co+2].[OH3+].[OH3+].[OH3+].[OH3+]. The summed E-state index contributed by atoms with van der Waals surface area (Å²) in [6.07, 6.45) is 0. The largest absolute Gasteiger partial charge is 2.00 e. The van der Waals surface area contributed by atoms with Crippen LogP contribution in [0.15, 0.2) is 105 Å². The average molecular weight is 798 g/mol. The molecule has 287 valence electrons. The van der Waals surface area contributed by atoms with Gasteiger partial charge in [0.15, 0.2) is 0 Å². The van der Waals surface area contributed by atoms with Gasteiger partial charge in [0.2, 0.25) is 0 Å². The Hall–Kier alpha value is -6.83.